The molecule has 3 rings (SSSR count). The minimum atomic E-state index is -0.442. The second-order valence-corrected chi connectivity index (χ2v) is 8.38. The predicted molar refractivity (Wildman–Crippen MR) is 96.4 cm³/mol. The monoisotopic (exact) mass is 347 g/mol. The number of fused-ring (bicyclic) bond motifs is 1. The molecule has 1 aliphatic rings. The van der Waals surface area contributed by atoms with Crippen molar-refractivity contribution in [2.75, 3.05) is 12.4 Å². The quantitative estimate of drug-likeness (QED) is 0.888. The SMILES string of the molecule is COc1cc(F)c2nc(NC(=O)CC(C)(C)C)n(C3(C)CCC3)c2c1. The molecular formula is C19H26FN3O2. The van der Waals surface area contributed by atoms with E-state index in [2.05, 4.69) is 17.2 Å². The summed E-state index contributed by atoms with van der Waals surface area (Å²) in [4.78, 5) is 16.8. The Balaban J connectivity index is 2.09. The summed E-state index contributed by atoms with van der Waals surface area (Å²) in [7, 11) is 1.51. The van der Waals surface area contributed by atoms with Crippen molar-refractivity contribution in [2.24, 2.45) is 5.41 Å². The van der Waals surface area contributed by atoms with Crippen LogP contribution in [0.4, 0.5) is 10.3 Å². The van der Waals surface area contributed by atoms with Crippen molar-refractivity contribution in [3.05, 3.63) is 17.9 Å². The zero-order valence-corrected chi connectivity index (χ0v) is 15.6. The van der Waals surface area contributed by atoms with Crippen LogP contribution in [0.3, 0.4) is 0 Å². The molecule has 0 saturated heterocycles. The Morgan fingerprint density at radius 2 is 2.08 bits per heavy atom. The highest BCUT2D eigenvalue weighted by Gasteiger charge is 2.38. The molecule has 25 heavy (non-hydrogen) atoms. The lowest BCUT2D eigenvalue weighted by molar-refractivity contribution is -0.117. The van der Waals surface area contributed by atoms with E-state index in [4.69, 9.17) is 4.74 Å². The standard InChI is InChI=1S/C19H26FN3O2/c1-18(2,3)11-15(24)21-17-22-16-13(20)9-12(25-5)10-14(16)23(17)19(4)7-6-8-19/h9-10H,6-8,11H2,1-5H3,(H,21,22,24). The van der Waals surface area contributed by atoms with Crippen molar-refractivity contribution in [3.63, 3.8) is 0 Å². The van der Waals surface area contributed by atoms with Crippen LogP contribution in [0.25, 0.3) is 11.0 Å². The fourth-order valence-electron chi connectivity index (χ4n) is 3.42. The van der Waals surface area contributed by atoms with Crippen molar-refractivity contribution < 1.29 is 13.9 Å². The molecule has 1 fully saturated rings. The Morgan fingerprint density at radius 3 is 2.60 bits per heavy atom. The van der Waals surface area contributed by atoms with Gasteiger partial charge in [0.05, 0.1) is 12.6 Å². The Kier molecular flexibility index (Phi) is 4.25. The van der Waals surface area contributed by atoms with Gasteiger partial charge in [-0.05, 0) is 31.6 Å². The number of nitrogens with zero attached hydrogens (tertiary/aromatic N) is 2. The lowest BCUT2D eigenvalue weighted by atomic mass is 9.78. The van der Waals surface area contributed by atoms with Crippen molar-refractivity contribution in [3.8, 4) is 5.75 Å². The van der Waals surface area contributed by atoms with E-state index in [9.17, 15) is 9.18 Å². The molecule has 1 aromatic heterocycles. The zero-order chi connectivity index (χ0) is 18.4. The first-order chi connectivity index (χ1) is 11.6. The summed E-state index contributed by atoms with van der Waals surface area (Å²) in [6.45, 7) is 8.14. The molecule has 0 spiro atoms. The smallest absolute Gasteiger partial charge is 0.227 e. The highest BCUT2D eigenvalue weighted by molar-refractivity contribution is 5.92. The number of ether oxygens (including phenoxy) is 1. The molecule has 1 aromatic carbocycles. The number of amides is 1. The summed E-state index contributed by atoms with van der Waals surface area (Å²) in [5.41, 5.74) is 0.623. The molecule has 6 heteroatoms. The van der Waals surface area contributed by atoms with Crippen molar-refractivity contribution >= 4 is 22.9 Å². The Morgan fingerprint density at radius 1 is 1.40 bits per heavy atom. The van der Waals surface area contributed by atoms with E-state index < -0.39 is 5.82 Å². The van der Waals surface area contributed by atoms with E-state index in [0.29, 0.717) is 23.6 Å². The summed E-state index contributed by atoms with van der Waals surface area (Å²) in [6, 6.07) is 3.11. The van der Waals surface area contributed by atoms with Crippen LogP contribution in [0, 0.1) is 11.2 Å². The van der Waals surface area contributed by atoms with Crippen LogP contribution in [0.1, 0.15) is 53.4 Å². The first kappa shape index (κ1) is 17.7. The number of hydrogen-bond donors (Lipinski definition) is 1. The molecule has 1 aliphatic carbocycles. The second-order valence-electron chi connectivity index (χ2n) is 8.38. The fourth-order valence-corrected chi connectivity index (χ4v) is 3.42. The fraction of sp³-hybridized carbons (Fsp3) is 0.579. The summed E-state index contributed by atoms with van der Waals surface area (Å²) in [5, 5.41) is 2.90. The Bertz CT molecular complexity index is 816. The molecular weight excluding hydrogens is 321 g/mol. The van der Waals surface area contributed by atoms with Gasteiger partial charge in [0, 0.05) is 24.1 Å². The summed E-state index contributed by atoms with van der Waals surface area (Å²) >= 11 is 0. The third kappa shape index (κ3) is 3.34. The molecule has 2 aromatic rings. The molecule has 5 nitrogen and oxygen atoms in total. The number of halogens is 1. The number of carbonyl (C=O) groups is 1. The van der Waals surface area contributed by atoms with Crippen LogP contribution in [0.5, 0.6) is 5.75 Å². The number of rotatable bonds is 4. The first-order valence-electron chi connectivity index (χ1n) is 8.69. The average Bonchev–Trinajstić information content (AvgIpc) is 2.81. The maximum Gasteiger partial charge on any atom is 0.227 e. The highest BCUT2D eigenvalue weighted by atomic mass is 19.1. The van der Waals surface area contributed by atoms with E-state index in [1.54, 1.807) is 6.07 Å². The number of hydrogen-bond acceptors (Lipinski definition) is 3. The minimum absolute atomic E-state index is 0.112. The predicted octanol–water partition coefficient (Wildman–Crippen LogP) is 4.46. The van der Waals surface area contributed by atoms with Gasteiger partial charge in [0.1, 0.15) is 11.3 Å². The number of aromatic nitrogens is 2. The van der Waals surface area contributed by atoms with E-state index in [1.807, 2.05) is 25.3 Å². The number of imidazole rings is 1. The normalized spacial score (nSPS) is 16.6. The topological polar surface area (TPSA) is 56.1 Å². The van der Waals surface area contributed by atoms with Gasteiger partial charge in [-0.15, -0.1) is 0 Å². The number of methoxy groups -OCH3 is 1. The Hall–Kier alpha value is -2.11. The molecule has 0 aliphatic heterocycles. The third-order valence-corrected chi connectivity index (χ3v) is 4.84. The van der Waals surface area contributed by atoms with Crippen LogP contribution in [0.2, 0.25) is 0 Å². The number of nitrogens with one attached hydrogen (secondary N) is 1. The largest absolute Gasteiger partial charge is 0.497 e. The second kappa shape index (κ2) is 6.00. The van der Waals surface area contributed by atoms with Crippen LogP contribution in [-0.2, 0) is 10.3 Å². The van der Waals surface area contributed by atoms with E-state index >= 15 is 0 Å². The lowest BCUT2D eigenvalue weighted by Gasteiger charge is -2.41. The summed E-state index contributed by atoms with van der Waals surface area (Å²) < 4.78 is 21.7. The molecule has 1 saturated carbocycles. The van der Waals surface area contributed by atoms with Crippen molar-refractivity contribution in [1.82, 2.24) is 9.55 Å². The van der Waals surface area contributed by atoms with Gasteiger partial charge in [0.25, 0.3) is 0 Å². The van der Waals surface area contributed by atoms with Crippen LogP contribution >= 0.6 is 0 Å². The molecule has 136 valence electrons. The zero-order valence-electron chi connectivity index (χ0n) is 15.6. The Labute approximate surface area is 147 Å². The average molecular weight is 347 g/mol. The van der Waals surface area contributed by atoms with Gasteiger partial charge in [-0.25, -0.2) is 9.37 Å². The van der Waals surface area contributed by atoms with Crippen molar-refractivity contribution in [2.45, 2.75) is 58.9 Å². The van der Waals surface area contributed by atoms with Gasteiger partial charge < -0.3 is 9.30 Å². The third-order valence-electron chi connectivity index (χ3n) is 4.84. The van der Waals surface area contributed by atoms with Crippen LogP contribution < -0.4 is 10.1 Å². The van der Waals surface area contributed by atoms with Gasteiger partial charge in [-0.2, -0.15) is 0 Å². The van der Waals surface area contributed by atoms with Gasteiger partial charge in [0.2, 0.25) is 11.9 Å². The maximum absolute atomic E-state index is 14.5. The van der Waals surface area contributed by atoms with Gasteiger partial charge in [-0.1, -0.05) is 20.8 Å². The van der Waals surface area contributed by atoms with Crippen molar-refractivity contribution in [1.29, 1.82) is 0 Å². The van der Waals surface area contributed by atoms with Gasteiger partial charge in [0.15, 0.2) is 5.82 Å². The van der Waals surface area contributed by atoms with E-state index in [-0.39, 0.29) is 22.4 Å². The molecule has 0 bridgehead atoms. The lowest BCUT2D eigenvalue weighted by Crippen LogP contribution is -2.38. The van der Waals surface area contributed by atoms with E-state index in [1.165, 1.54) is 13.2 Å². The molecule has 0 radical (unpaired) electrons. The molecule has 1 N–H and O–H groups in total. The number of anilines is 1. The highest BCUT2D eigenvalue weighted by Crippen LogP contribution is 2.44. The molecule has 1 heterocycles. The molecule has 0 unspecified atom stereocenters. The maximum atomic E-state index is 14.5. The minimum Gasteiger partial charge on any atom is -0.497 e. The number of carbonyl (C=O) groups excluding carboxylic acids is 1. The van der Waals surface area contributed by atoms with Gasteiger partial charge in [-0.3, -0.25) is 10.1 Å². The summed E-state index contributed by atoms with van der Waals surface area (Å²) in [5.74, 6) is 0.307. The number of benzene rings is 1. The van der Waals surface area contributed by atoms with E-state index in [0.717, 1.165) is 19.3 Å². The van der Waals surface area contributed by atoms with Crippen LogP contribution in [0.15, 0.2) is 12.1 Å². The van der Waals surface area contributed by atoms with Gasteiger partial charge >= 0.3 is 0 Å². The van der Waals surface area contributed by atoms with Crippen LogP contribution in [-0.4, -0.2) is 22.6 Å². The molecule has 1 amide bonds. The first-order valence-corrected chi connectivity index (χ1v) is 8.69. The summed E-state index contributed by atoms with van der Waals surface area (Å²) in [6.07, 6.45) is 3.43. The molecule has 0 atom stereocenters.